The van der Waals surface area contributed by atoms with Gasteiger partial charge in [-0.15, -0.1) is 0 Å². The predicted molar refractivity (Wildman–Crippen MR) is 169 cm³/mol. The Bertz CT molecular complexity index is 1080. The molecule has 0 aliphatic carbocycles. The fraction of sp³-hybridized carbons (Fsp3) is 0.765. The summed E-state index contributed by atoms with van der Waals surface area (Å²) < 4.78 is 33.2. The SMILES string of the molecule is CCCCCCCC(=O)O[C@H]1/C(=C/C(=O)OC)CC2C[C@H]([C@@H](C)O)OC(=O)C[C@H](O)CCOCCCOC(=O)/C=C/C(C)(C)[C@]1(O)O2. The first-order valence-electron chi connectivity index (χ1n) is 16.6. The van der Waals surface area contributed by atoms with Crippen LogP contribution in [0, 0.1) is 5.41 Å². The summed E-state index contributed by atoms with van der Waals surface area (Å²) in [6.45, 7) is 7.10. The Morgan fingerprint density at radius 1 is 1.11 bits per heavy atom. The van der Waals surface area contributed by atoms with Crippen molar-refractivity contribution < 1.29 is 62.9 Å². The smallest absolute Gasteiger partial charge is 0.330 e. The van der Waals surface area contributed by atoms with E-state index in [0.29, 0.717) is 12.8 Å². The molecule has 0 aromatic rings. The summed E-state index contributed by atoms with van der Waals surface area (Å²) in [4.78, 5) is 50.9. The van der Waals surface area contributed by atoms with Gasteiger partial charge in [-0.3, -0.25) is 9.59 Å². The van der Waals surface area contributed by atoms with Crippen LogP contribution in [0.5, 0.6) is 0 Å². The highest BCUT2D eigenvalue weighted by Gasteiger charge is 2.57. The molecule has 0 aromatic heterocycles. The maximum Gasteiger partial charge on any atom is 0.330 e. The predicted octanol–water partition coefficient (Wildman–Crippen LogP) is 3.21. The Balaban J connectivity index is 2.53. The average molecular weight is 671 g/mol. The van der Waals surface area contributed by atoms with Crippen molar-refractivity contribution in [3.8, 4) is 0 Å². The van der Waals surface area contributed by atoms with Crippen molar-refractivity contribution in [1.29, 1.82) is 0 Å². The van der Waals surface area contributed by atoms with Crippen molar-refractivity contribution in [1.82, 2.24) is 0 Å². The fourth-order valence-electron chi connectivity index (χ4n) is 5.38. The van der Waals surface area contributed by atoms with Crippen LogP contribution in [0.15, 0.2) is 23.8 Å². The second-order valence-corrected chi connectivity index (χ2v) is 12.8. The molecule has 1 unspecified atom stereocenters. The monoisotopic (exact) mass is 670 g/mol. The molecular formula is C34H54O13. The van der Waals surface area contributed by atoms with Crippen LogP contribution in [0.1, 0.15) is 98.3 Å². The van der Waals surface area contributed by atoms with Gasteiger partial charge in [-0.1, -0.05) is 52.5 Å². The van der Waals surface area contributed by atoms with Gasteiger partial charge in [0.25, 0.3) is 0 Å². The van der Waals surface area contributed by atoms with Crippen molar-refractivity contribution in [3.63, 3.8) is 0 Å². The minimum atomic E-state index is -2.36. The third-order valence-electron chi connectivity index (χ3n) is 8.29. The average Bonchev–Trinajstić information content (AvgIpc) is 3.00. The van der Waals surface area contributed by atoms with Gasteiger partial charge < -0.3 is 43.7 Å². The van der Waals surface area contributed by atoms with Gasteiger partial charge in [0.2, 0.25) is 5.79 Å². The molecule has 47 heavy (non-hydrogen) atoms. The van der Waals surface area contributed by atoms with Crippen molar-refractivity contribution in [2.45, 2.75) is 135 Å². The molecule has 2 rings (SSSR count). The summed E-state index contributed by atoms with van der Waals surface area (Å²) in [5, 5.41) is 33.2. The lowest BCUT2D eigenvalue weighted by Gasteiger charge is -2.51. The number of hydrogen-bond donors (Lipinski definition) is 3. The van der Waals surface area contributed by atoms with E-state index in [1.54, 1.807) is 13.8 Å². The second kappa shape index (κ2) is 19.9. The van der Waals surface area contributed by atoms with Crippen LogP contribution < -0.4 is 0 Å². The Morgan fingerprint density at radius 2 is 1.83 bits per heavy atom. The number of unbranched alkanes of at least 4 members (excludes halogenated alkanes) is 4. The van der Waals surface area contributed by atoms with Crippen LogP contribution in [0.3, 0.4) is 0 Å². The highest BCUT2D eigenvalue weighted by Crippen LogP contribution is 2.46. The zero-order chi connectivity index (χ0) is 35.0. The van der Waals surface area contributed by atoms with Crippen molar-refractivity contribution in [2.24, 2.45) is 5.41 Å². The van der Waals surface area contributed by atoms with Gasteiger partial charge >= 0.3 is 23.9 Å². The van der Waals surface area contributed by atoms with Crippen molar-refractivity contribution >= 4 is 23.9 Å². The van der Waals surface area contributed by atoms with Gasteiger partial charge in [0, 0.05) is 50.0 Å². The molecule has 2 aliphatic rings. The van der Waals surface area contributed by atoms with Crippen LogP contribution in [0.4, 0.5) is 0 Å². The van der Waals surface area contributed by atoms with E-state index in [1.807, 2.05) is 0 Å². The number of methoxy groups -OCH3 is 1. The molecule has 0 spiro atoms. The van der Waals surface area contributed by atoms with Gasteiger partial charge in [-0.25, -0.2) is 9.59 Å². The van der Waals surface area contributed by atoms with E-state index in [9.17, 15) is 34.5 Å². The maximum atomic E-state index is 13.1. The van der Waals surface area contributed by atoms with Gasteiger partial charge in [0.1, 0.15) is 6.10 Å². The molecule has 2 aliphatic heterocycles. The number of hydrogen-bond acceptors (Lipinski definition) is 13. The van der Waals surface area contributed by atoms with E-state index >= 15 is 0 Å². The number of fused-ring (bicyclic) bond motifs is 2. The largest absolute Gasteiger partial charge is 0.466 e. The molecule has 1 saturated heterocycles. The van der Waals surface area contributed by atoms with Crippen LogP contribution in [-0.2, 0) is 47.6 Å². The summed E-state index contributed by atoms with van der Waals surface area (Å²) in [6, 6.07) is 0. The van der Waals surface area contributed by atoms with E-state index in [-0.39, 0.29) is 57.5 Å². The molecule has 0 aromatic carbocycles. The second-order valence-electron chi connectivity index (χ2n) is 12.8. The van der Waals surface area contributed by atoms with E-state index in [0.717, 1.165) is 37.8 Å². The molecule has 0 radical (unpaired) electrons. The molecule has 2 heterocycles. The Morgan fingerprint density at radius 3 is 2.51 bits per heavy atom. The normalized spacial score (nSPS) is 30.3. The lowest BCUT2D eigenvalue weighted by Crippen LogP contribution is -2.62. The molecule has 1 fully saturated rings. The lowest BCUT2D eigenvalue weighted by atomic mass is 9.74. The Labute approximate surface area is 277 Å². The molecule has 6 atom stereocenters. The number of ether oxygens (including phenoxy) is 6. The highest BCUT2D eigenvalue weighted by atomic mass is 16.7. The van der Waals surface area contributed by atoms with E-state index in [4.69, 9.17) is 28.4 Å². The van der Waals surface area contributed by atoms with E-state index < -0.39 is 65.6 Å². The number of carbonyl (C=O) groups is 4. The van der Waals surface area contributed by atoms with Gasteiger partial charge in [0.05, 0.1) is 38.4 Å². The minimum Gasteiger partial charge on any atom is -0.466 e. The van der Waals surface area contributed by atoms with Crippen LogP contribution in [-0.4, -0.2) is 102 Å². The van der Waals surface area contributed by atoms with Crippen molar-refractivity contribution in [3.05, 3.63) is 23.8 Å². The zero-order valence-corrected chi connectivity index (χ0v) is 28.4. The lowest BCUT2D eigenvalue weighted by molar-refractivity contribution is -0.327. The summed E-state index contributed by atoms with van der Waals surface area (Å²) in [5.74, 6) is -5.18. The number of esters is 4. The summed E-state index contributed by atoms with van der Waals surface area (Å²) >= 11 is 0. The van der Waals surface area contributed by atoms with Gasteiger partial charge in [-0.05, 0) is 31.8 Å². The standard InChI is InChI=1S/C34H54O13/c1-6-7-8-9-10-12-29(38)46-32-24(20-30(39)42-5)19-26-22-27(23(2)35)45-31(40)21-25(36)14-18-43-16-11-17-44-28(37)13-15-33(3,4)34(32,41)47-26/h13,15,20,23,25-27,32,35-36,41H,6-12,14,16-19,21-22H2,1-5H3/b15-13+,24-20+/t23-,25-,26?,27-,32+,34-/m1/s1. The topological polar surface area (TPSA) is 184 Å². The third-order valence-corrected chi connectivity index (χ3v) is 8.29. The first-order chi connectivity index (χ1) is 22.2. The minimum absolute atomic E-state index is 0.0482. The summed E-state index contributed by atoms with van der Waals surface area (Å²) in [5.41, 5.74) is -1.27. The number of rotatable bonds is 9. The quantitative estimate of drug-likeness (QED) is 0.141. The molecule has 268 valence electrons. The number of aliphatic hydroxyl groups excluding tert-OH is 2. The molecule has 2 bridgehead atoms. The molecule has 13 heteroatoms. The fourth-order valence-corrected chi connectivity index (χ4v) is 5.38. The zero-order valence-electron chi connectivity index (χ0n) is 28.4. The van der Waals surface area contributed by atoms with Crippen molar-refractivity contribution in [2.75, 3.05) is 26.9 Å². The van der Waals surface area contributed by atoms with Crippen LogP contribution >= 0.6 is 0 Å². The number of aliphatic hydroxyl groups is 3. The van der Waals surface area contributed by atoms with Gasteiger partial charge in [0.15, 0.2) is 6.10 Å². The molecule has 0 amide bonds. The Kier molecular flexibility index (Phi) is 17.0. The van der Waals surface area contributed by atoms with Crippen LogP contribution in [0.2, 0.25) is 0 Å². The molecular weight excluding hydrogens is 616 g/mol. The third kappa shape index (κ3) is 13.3. The molecule has 13 nitrogen and oxygen atoms in total. The molecule has 0 saturated carbocycles. The summed E-state index contributed by atoms with van der Waals surface area (Å²) in [6.07, 6.45) is 2.31. The number of cyclic esters (lactones) is 2. The van der Waals surface area contributed by atoms with E-state index in [2.05, 4.69) is 6.92 Å². The van der Waals surface area contributed by atoms with Crippen LogP contribution in [0.25, 0.3) is 0 Å². The van der Waals surface area contributed by atoms with Gasteiger partial charge in [-0.2, -0.15) is 0 Å². The van der Waals surface area contributed by atoms with E-state index in [1.165, 1.54) is 20.1 Å². The first-order valence-corrected chi connectivity index (χ1v) is 16.6. The highest BCUT2D eigenvalue weighted by molar-refractivity contribution is 5.83. The molecule has 3 N–H and O–H groups in total. The first kappa shape index (κ1) is 40.3. The summed E-state index contributed by atoms with van der Waals surface area (Å²) in [7, 11) is 1.18. The Hall–Kier alpha value is -2.84. The number of carbonyl (C=O) groups excluding carboxylic acids is 4. The maximum absolute atomic E-state index is 13.1.